The van der Waals surface area contributed by atoms with Crippen LogP contribution < -0.4 is 16.6 Å². The van der Waals surface area contributed by atoms with Gasteiger partial charge >= 0.3 is 0 Å². The van der Waals surface area contributed by atoms with Gasteiger partial charge in [0.05, 0.1) is 12.1 Å². The van der Waals surface area contributed by atoms with Crippen molar-refractivity contribution >= 4 is 28.1 Å². The summed E-state index contributed by atoms with van der Waals surface area (Å²) in [5.74, 6) is 5.32. The van der Waals surface area contributed by atoms with E-state index in [1.54, 1.807) is 0 Å². The Morgan fingerprint density at radius 3 is 2.65 bits per heavy atom. The molecule has 0 bridgehead atoms. The molecule has 0 radical (unpaired) electrons. The highest BCUT2D eigenvalue weighted by atomic mass is 32.1. The van der Waals surface area contributed by atoms with Crippen LogP contribution in [0.15, 0.2) is 29.6 Å². The zero-order chi connectivity index (χ0) is 14.5. The van der Waals surface area contributed by atoms with Crippen molar-refractivity contribution < 1.29 is 4.79 Å². The van der Waals surface area contributed by atoms with E-state index in [1.165, 1.54) is 16.9 Å². The topological polar surface area (TPSA) is 80.0 Å². The molecule has 4 N–H and O–H groups in total. The van der Waals surface area contributed by atoms with Gasteiger partial charge in [-0.3, -0.25) is 10.2 Å². The van der Waals surface area contributed by atoms with Crippen LogP contribution >= 0.6 is 11.3 Å². The summed E-state index contributed by atoms with van der Waals surface area (Å²) >= 11 is 1.46. The number of nitrogens with zero attached hydrogens (tertiary/aromatic N) is 1. The van der Waals surface area contributed by atoms with Crippen molar-refractivity contribution in [3.8, 4) is 0 Å². The van der Waals surface area contributed by atoms with Crippen molar-refractivity contribution in [3.05, 3.63) is 40.9 Å². The van der Waals surface area contributed by atoms with Gasteiger partial charge in [0.25, 0.3) is 0 Å². The Bertz CT molecular complexity index is 577. The second-order valence-electron chi connectivity index (χ2n) is 4.79. The first kappa shape index (κ1) is 14.5. The second kappa shape index (κ2) is 6.49. The van der Waals surface area contributed by atoms with Gasteiger partial charge in [0.15, 0.2) is 5.13 Å². The van der Waals surface area contributed by atoms with Crippen LogP contribution in [0.3, 0.4) is 0 Å². The summed E-state index contributed by atoms with van der Waals surface area (Å²) < 4.78 is 0. The van der Waals surface area contributed by atoms with Gasteiger partial charge in [-0.05, 0) is 23.6 Å². The fraction of sp³-hybridized carbons (Fsp3) is 0.286. The zero-order valence-electron chi connectivity index (χ0n) is 11.5. The number of hydrogen-bond donors (Lipinski definition) is 3. The molecule has 1 aromatic carbocycles. The van der Waals surface area contributed by atoms with Crippen LogP contribution in [-0.4, -0.2) is 10.9 Å². The number of aromatic nitrogens is 1. The first-order valence-electron chi connectivity index (χ1n) is 6.39. The van der Waals surface area contributed by atoms with Crippen molar-refractivity contribution in [2.24, 2.45) is 5.84 Å². The Balaban J connectivity index is 2.01. The fourth-order valence-electron chi connectivity index (χ4n) is 1.74. The van der Waals surface area contributed by atoms with Gasteiger partial charge in [-0.1, -0.05) is 26.0 Å². The Morgan fingerprint density at radius 2 is 2.05 bits per heavy atom. The number of hydrogen-bond acceptors (Lipinski definition) is 5. The number of thiazole rings is 1. The molecule has 0 saturated carbocycles. The molecular weight excluding hydrogens is 272 g/mol. The lowest BCUT2D eigenvalue weighted by atomic mass is 10.0. The second-order valence-corrected chi connectivity index (χ2v) is 5.65. The third kappa shape index (κ3) is 3.79. The van der Waals surface area contributed by atoms with E-state index in [1.807, 2.05) is 17.5 Å². The molecule has 0 aliphatic carbocycles. The smallest absolute Gasteiger partial charge is 0.239 e. The Morgan fingerprint density at radius 1 is 1.35 bits per heavy atom. The number of rotatable bonds is 5. The average Bonchev–Trinajstić information content (AvgIpc) is 2.86. The number of amides is 1. The normalized spacial score (nSPS) is 10.6. The molecule has 0 spiro atoms. The van der Waals surface area contributed by atoms with E-state index >= 15 is 0 Å². The van der Waals surface area contributed by atoms with Gasteiger partial charge in [0.2, 0.25) is 5.91 Å². The number of hydrazine groups is 1. The Hall–Kier alpha value is -1.92. The Kier molecular flexibility index (Phi) is 4.70. The number of anilines is 2. The average molecular weight is 290 g/mol. The number of nitrogens with one attached hydrogen (secondary N) is 2. The molecule has 1 amide bonds. The fourth-order valence-corrected chi connectivity index (χ4v) is 2.47. The largest absolute Gasteiger partial charge is 0.332 e. The molecule has 0 atom stereocenters. The molecule has 2 rings (SSSR count). The number of benzene rings is 1. The van der Waals surface area contributed by atoms with Crippen LogP contribution in [-0.2, 0) is 11.2 Å². The minimum atomic E-state index is -0.247. The summed E-state index contributed by atoms with van der Waals surface area (Å²) in [6, 6.07) is 8.26. The molecule has 0 aliphatic heterocycles. The standard InChI is InChI=1S/C14H18N4OS/c1-9(2)10-3-5-11(6-4-10)16-14-17-12(8-20-14)7-13(19)18-15/h3-6,8-9H,7,15H2,1-2H3,(H,16,17)(H,18,19). The molecule has 106 valence electrons. The van der Waals surface area contributed by atoms with E-state index in [-0.39, 0.29) is 12.3 Å². The van der Waals surface area contributed by atoms with Gasteiger partial charge < -0.3 is 5.32 Å². The minimum absolute atomic E-state index is 0.195. The van der Waals surface area contributed by atoms with Crippen LogP contribution in [0.5, 0.6) is 0 Å². The molecule has 0 aliphatic rings. The monoisotopic (exact) mass is 290 g/mol. The van der Waals surface area contributed by atoms with Crippen LogP contribution in [0.2, 0.25) is 0 Å². The van der Waals surface area contributed by atoms with Crippen molar-refractivity contribution in [2.75, 3.05) is 5.32 Å². The first-order valence-corrected chi connectivity index (χ1v) is 7.27. The number of carbonyl (C=O) groups excluding carboxylic acids is 1. The van der Waals surface area contributed by atoms with Gasteiger partial charge in [-0.2, -0.15) is 0 Å². The lowest BCUT2D eigenvalue weighted by molar-refractivity contribution is -0.120. The molecule has 0 saturated heterocycles. The van der Waals surface area contributed by atoms with Gasteiger partial charge in [0, 0.05) is 11.1 Å². The lowest BCUT2D eigenvalue weighted by Gasteiger charge is -2.07. The summed E-state index contributed by atoms with van der Waals surface area (Å²) in [7, 11) is 0. The summed E-state index contributed by atoms with van der Waals surface area (Å²) in [6.07, 6.45) is 0.195. The minimum Gasteiger partial charge on any atom is -0.332 e. The predicted octanol–water partition coefficient (Wildman–Crippen LogP) is 2.54. The first-order chi connectivity index (χ1) is 9.58. The number of nitrogens with two attached hydrogens (primary N) is 1. The van der Waals surface area contributed by atoms with Crippen molar-refractivity contribution in [1.29, 1.82) is 0 Å². The molecule has 5 nitrogen and oxygen atoms in total. The van der Waals surface area contributed by atoms with Crippen molar-refractivity contribution in [1.82, 2.24) is 10.4 Å². The highest BCUT2D eigenvalue weighted by Gasteiger charge is 2.07. The molecule has 1 aromatic heterocycles. The molecule has 1 heterocycles. The maximum Gasteiger partial charge on any atom is 0.239 e. The van der Waals surface area contributed by atoms with E-state index in [0.29, 0.717) is 11.6 Å². The summed E-state index contributed by atoms with van der Waals surface area (Å²) in [5, 5.41) is 5.84. The van der Waals surface area contributed by atoms with Crippen LogP contribution in [0.1, 0.15) is 31.0 Å². The quantitative estimate of drug-likeness (QED) is 0.449. The Labute approximate surface area is 122 Å². The molecule has 0 fully saturated rings. The predicted molar refractivity (Wildman–Crippen MR) is 82.0 cm³/mol. The van der Waals surface area contributed by atoms with Gasteiger partial charge in [0.1, 0.15) is 0 Å². The van der Waals surface area contributed by atoms with E-state index in [2.05, 4.69) is 41.7 Å². The molecule has 2 aromatic rings. The third-order valence-corrected chi connectivity index (χ3v) is 3.69. The third-order valence-electron chi connectivity index (χ3n) is 2.88. The van der Waals surface area contributed by atoms with E-state index in [9.17, 15) is 4.79 Å². The summed E-state index contributed by atoms with van der Waals surface area (Å²) in [5.41, 5.74) is 5.09. The van der Waals surface area contributed by atoms with Crippen LogP contribution in [0.4, 0.5) is 10.8 Å². The molecule has 0 unspecified atom stereocenters. The van der Waals surface area contributed by atoms with E-state index < -0.39 is 0 Å². The van der Waals surface area contributed by atoms with Crippen molar-refractivity contribution in [3.63, 3.8) is 0 Å². The van der Waals surface area contributed by atoms with Crippen molar-refractivity contribution in [2.45, 2.75) is 26.2 Å². The SMILES string of the molecule is CC(C)c1ccc(Nc2nc(CC(=O)NN)cs2)cc1. The highest BCUT2D eigenvalue weighted by molar-refractivity contribution is 7.13. The van der Waals surface area contributed by atoms with Crippen LogP contribution in [0, 0.1) is 0 Å². The summed E-state index contributed by atoms with van der Waals surface area (Å²) in [6.45, 7) is 4.33. The maximum atomic E-state index is 11.2. The number of carbonyl (C=O) groups is 1. The van der Waals surface area contributed by atoms with E-state index in [0.717, 1.165) is 10.8 Å². The summed E-state index contributed by atoms with van der Waals surface area (Å²) in [4.78, 5) is 15.5. The zero-order valence-corrected chi connectivity index (χ0v) is 12.3. The molecule has 20 heavy (non-hydrogen) atoms. The van der Waals surface area contributed by atoms with Crippen LogP contribution in [0.25, 0.3) is 0 Å². The lowest BCUT2D eigenvalue weighted by Crippen LogP contribution is -2.31. The molecular formula is C14H18N4OS. The maximum absolute atomic E-state index is 11.2. The molecule has 6 heteroatoms. The van der Waals surface area contributed by atoms with Gasteiger partial charge in [-0.25, -0.2) is 10.8 Å². The van der Waals surface area contributed by atoms with E-state index in [4.69, 9.17) is 5.84 Å². The highest BCUT2D eigenvalue weighted by Crippen LogP contribution is 2.23. The van der Waals surface area contributed by atoms with Gasteiger partial charge in [-0.15, -0.1) is 11.3 Å².